The van der Waals surface area contributed by atoms with Gasteiger partial charge in [0, 0.05) is 12.0 Å². The first-order valence-electron chi connectivity index (χ1n) is 7.89. The molecule has 0 heterocycles. The van der Waals surface area contributed by atoms with E-state index < -0.39 is 0 Å². The second-order valence-electron chi connectivity index (χ2n) is 5.89. The highest BCUT2D eigenvalue weighted by atomic mass is 16.5. The summed E-state index contributed by atoms with van der Waals surface area (Å²) in [6, 6.07) is 13.8. The highest BCUT2D eigenvalue weighted by Crippen LogP contribution is 2.28. The lowest BCUT2D eigenvalue weighted by Crippen LogP contribution is -2.02. The third kappa shape index (κ3) is 4.35. The van der Waals surface area contributed by atoms with E-state index in [2.05, 4.69) is 38.1 Å². The molecule has 0 aliphatic heterocycles. The summed E-state index contributed by atoms with van der Waals surface area (Å²) >= 11 is 0. The molecular formula is C20H24O3. The molecule has 0 amide bonds. The predicted molar refractivity (Wildman–Crippen MR) is 92.7 cm³/mol. The van der Waals surface area contributed by atoms with Gasteiger partial charge in [-0.15, -0.1) is 0 Å². The summed E-state index contributed by atoms with van der Waals surface area (Å²) in [6.07, 6.45) is 1.22. The fourth-order valence-corrected chi connectivity index (χ4v) is 2.48. The Bertz CT molecular complexity index is 657. The summed E-state index contributed by atoms with van der Waals surface area (Å²) in [5, 5.41) is 0. The predicted octanol–water partition coefficient (Wildman–Crippen LogP) is 4.64. The van der Waals surface area contributed by atoms with Crippen molar-refractivity contribution >= 4 is 5.78 Å². The number of hydrogen-bond acceptors (Lipinski definition) is 3. The molecule has 0 N–H and O–H groups in total. The Morgan fingerprint density at radius 3 is 2.17 bits per heavy atom. The number of benzene rings is 2. The van der Waals surface area contributed by atoms with Crippen LogP contribution in [0.5, 0.6) is 11.5 Å². The van der Waals surface area contributed by atoms with Crippen molar-refractivity contribution in [1.82, 2.24) is 0 Å². The van der Waals surface area contributed by atoms with Crippen LogP contribution in [-0.2, 0) is 6.42 Å². The fraction of sp³-hybridized carbons (Fsp3) is 0.350. The second kappa shape index (κ2) is 7.82. The number of ether oxygens (including phenoxy) is 2. The number of Topliss-reactive ketones (excluding diaryl/α,β-unsaturated/α-hetero) is 1. The van der Waals surface area contributed by atoms with Crippen LogP contribution in [0.1, 0.15) is 47.7 Å². The molecule has 3 heteroatoms. The molecule has 2 aromatic rings. The quantitative estimate of drug-likeness (QED) is 0.699. The second-order valence-corrected chi connectivity index (χ2v) is 5.89. The molecular weight excluding hydrogens is 288 g/mol. The molecule has 0 aliphatic carbocycles. The molecule has 0 saturated carbocycles. The van der Waals surface area contributed by atoms with Crippen LogP contribution in [0, 0.1) is 0 Å². The lowest BCUT2D eigenvalue weighted by Gasteiger charge is -2.09. The Morgan fingerprint density at radius 1 is 0.957 bits per heavy atom. The van der Waals surface area contributed by atoms with Crippen LogP contribution in [0.2, 0.25) is 0 Å². The Labute approximate surface area is 138 Å². The summed E-state index contributed by atoms with van der Waals surface area (Å²) in [5.41, 5.74) is 3.16. The number of aryl methyl sites for hydroxylation is 1. The average molecular weight is 312 g/mol. The molecule has 0 aliphatic rings. The number of methoxy groups -OCH3 is 2. The molecule has 0 saturated heterocycles. The zero-order chi connectivity index (χ0) is 16.8. The van der Waals surface area contributed by atoms with Gasteiger partial charge in [0.1, 0.15) is 0 Å². The maximum absolute atomic E-state index is 12.4. The Morgan fingerprint density at radius 2 is 1.61 bits per heavy atom. The van der Waals surface area contributed by atoms with Crippen LogP contribution >= 0.6 is 0 Å². The van der Waals surface area contributed by atoms with Crippen molar-refractivity contribution in [2.24, 2.45) is 0 Å². The molecule has 2 rings (SSSR count). The molecule has 0 fully saturated rings. The monoisotopic (exact) mass is 312 g/mol. The van der Waals surface area contributed by atoms with Gasteiger partial charge in [-0.25, -0.2) is 0 Å². The van der Waals surface area contributed by atoms with Crippen molar-refractivity contribution in [3.05, 3.63) is 59.2 Å². The van der Waals surface area contributed by atoms with Gasteiger partial charge in [0.25, 0.3) is 0 Å². The first kappa shape index (κ1) is 17.1. The standard InChI is InChI=1S/C20H24O3/c1-14(2)16-8-5-15(6-9-16)7-11-18(21)17-10-12-19(22-3)20(13-17)23-4/h5-6,8-10,12-14H,7,11H2,1-4H3. The van der Waals surface area contributed by atoms with Gasteiger partial charge in [-0.1, -0.05) is 38.1 Å². The minimum Gasteiger partial charge on any atom is -0.493 e. The third-order valence-corrected chi connectivity index (χ3v) is 3.99. The lowest BCUT2D eigenvalue weighted by atomic mass is 9.98. The Balaban J connectivity index is 2.02. The van der Waals surface area contributed by atoms with Crippen molar-refractivity contribution in [2.75, 3.05) is 14.2 Å². The third-order valence-electron chi connectivity index (χ3n) is 3.99. The highest BCUT2D eigenvalue weighted by molar-refractivity contribution is 5.96. The van der Waals surface area contributed by atoms with Gasteiger partial charge >= 0.3 is 0 Å². The van der Waals surface area contributed by atoms with Gasteiger partial charge < -0.3 is 9.47 Å². The van der Waals surface area contributed by atoms with Crippen LogP contribution in [0.4, 0.5) is 0 Å². The van der Waals surface area contributed by atoms with Gasteiger partial charge in [0.2, 0.25) is 0 Å². The van der Waals surface area contributed by atoms with Crippen LogP contribution in [0.15, 0.2) is 42.5 Å². The first-order valence-corrected chi connectivity index (χ1v) is 7.89. The van der Waals surface area contributed by atoms with Crippen LogP contribution in [0.3, 0.4) is 0 Å². The van der Waals surface area contributed by atoms with Crippen molar-refractivity contribution in [3.63, 3.8) is 0 Å². The van der Waals surface area contributed by atoms with Crippen LogP contribution < -0.4 is 9.47 Å². The number of carbonyl (C=O) groups excluding carboxylic acids is 1. The van der Waals surface area contributed by atoms with E-state index in [1.54, 1.807) is 32.4 Å². The number of carbonyl (C=O) groups is 1. The zero-order valence-corrected chi connectivity index (χ0v) is 14.3. The van der Waals surface area contributed by atoms with E-state index in [1.807, 2.05) is 0 Å². The molecule has 23 heavy (non-hydrogen) atoms. The van der Waals surface area contributed by atoms with E-state index in [-0.39, 0.29) is 5.78 Å². The van der Waals surface area contributed by atoms with Crippen molar-refractivity contribution in [2.45, 2.75) is 32.6 Å². The molecule has 3 nitrogen and oxygen atoms in total. The van der Waals surface area contributed by atoms with Gasteiger partial charge in [-0.3, -0.25) is 4.79 Å². The summed E-state index contributed by atoms with van der Waals surface area (Å²) in [7, 11) is 3.16. The molecule has 0 radical (unpaired) electrons. The minimum atomic E-state index is 0.110. The fourth-order valence-electron chi connectivity index (χ4n) is 2.48. The maximum atomic E-state index is 12.4. The van der Waals surface area contributed by atoms with E-state index in [0.717, 1.165) is 6.42 Å². The topological polar surface area (TPSA) is 35.5 Å². The van der Waals surface area contributed by atoms with E-state index in [1.165, 1.54) is 11.1 Å². The molecule has 0 bridgehead atoms. The summed E-state index contributed by atoms with van der Waals surface area (Å²) in [4.78, 5) is 12.4. The summed E-state index contributed by atoms with van der Waals surface area (Å²) in [6.45, 7) is 4.35. The van der Waals surface area contributed by atoms with Crippen LogP contribution in [0.25, 0.3) is 0 Å². The van der Waals surface area contributed by atoms with Crippen LogP contribution in [-0.4, -0.2) is 20.0 Å². The molecule has 0 aromatic heterocycles. The van der Waals surface area contributed by atoms with E-state index in [4.69, 9.17) is 9.47 Å². The number of hydrogen-bond donors (Lipinski definition) is 0. The first-order chi connectivity index (χ1) is 11.0. The highest BCUT2D eigenvalue weighted by Gasteiger charge is 2.11. The molecule has 0 spiro atoms. The van der Waals surface area contributed by atoms with Gasteiger partial charge in [-0.2, -0.15) is 0 Å². The van der Waals surface area contributed by atoms with Gasteiger partial charge in [-0.05, 0) is 41.7 Å². The SMILES string of the molecule is COc1ccc(C(=O)CCc2ccc(C(C)C)cc2)cc1OC. The maximum Gasteiger partial charge on any atom is 0.163 e. The normalized spacial score (nSPS) is 10.7. The van der Waals surface area contributed by atoms with E-state index in [0.29, 0.717) is 29.4 Å². The van der Waals surface area contributed by atoms with Crippen molar-refractivity contribution in [3.8, 4) is 11.5 Å². The summed E-state index contributed by atoms with van der Waals surface area (Å²) in [5.74, 6) is 1.85. The molecule has 2 aromatic carbocycles. The van der Waals surface area contributed by atoms with Gasteiger partial charge in [0.05, 0.1) is 14.2 Å². The summed E-state index contributed by atoms with van der Waals surface area (Å²) < 4.78 is 10.4. The smallest absolute Gasteiger partial charge is 0.163 e. The minimum absolute atomic E-state index is 0.110. The van der Waals surface area contributed by atoms with E-state index >= 15 is 0 Å². The Kier molecular flexibility index (Phi) is 5.80. The van der Waals surface area contributed by atoms with Crippen molar-refractivity contribution < 1.29 is 14.3 Å². The lowest BCUT2D eigenvalue weighted by molar-refractivity contribution is 0.0982. The molecule has 0 unspecified atom stereocenters. The van der Waals surface area contributed by atoms with Gasteiger partial charge in [0.15, 0.2) is 17.3 Å². The Hall–Kier alpha value is -2.29. The number of rotatable bonds is 7. The van der Waals surface area contributed by atoms with E-state index in [9.17, 15) is 4.79 Å². The number of ketones is 1. The molecule has 0 atom stereocenters. The molecule has 122 valence electrons. The largest absolute Gasteiger partial charge is 0.493 e. The average Bonchev–Trinajstić information content (AvgIpc) is 2.59. The zero-order valence-electron chi connectivity index (χ0n) is 14.3. The van der Waals surface area contributed by atoms with Crippen molar-refractivity contribution in [1.29, 1.82) is 0 Å².